The molecule has 3 aromatic rings. The zero-order chi connectivity index (χ0) is 22.1. The first-order valence-corrected chi connectivity index (χ1v) is 11.1. The van der Waals surface area contributed by atoms with Crippen molar-refractivity contribution in [1.29, 1.82) is 0 Å². The van der Waals surface area contributed by atoms with Crippen molar-refractivity contribution in [2.75, 3.05) is 46.0 Å². The normalized spacial score (nSPS) is 18.8. The van der Waals surface area contributed by atoms with E-state index in [1.165, 1.54) is 0 Å². The number of ether oxygens (including phenoxy) is 2. The minimum atomic E-state index is -0.466. The molecule has 0 saturated carbocycles. The summed E-state index contributed by atoms with van der Waals surface area (Å²) >= 11 is 0. The Balaban J connectivity index is 1.58. The molecule has 1 amide bonds. The summed E-state index contributed by atoms with van der Waals surface area (Å²) in [7, 11) is 0. The molecule has 2 aliphatic rings. The van der Waals surface area contributed by atoms with Crippen LogP contribution in [0.15, 0.2) is 57.7 Å². The van der Waals surface area contributed by atoms with Crippen LogP contribution in [-0.4, -0.2) is 61.7 Å². The van der Waals surface area contributed by atoms with E-state index in [1.807, 2.05) is 37.3 Å². The van der Waals surface area contributed by atoms with Crippen LogP contribution in [0.1, 0.15) is 34.6 Å². The summed E-state index contributed by atoms with van der Waals surface area (Å²) in [5.74, 6) is 0.493. The molecular formula is C25H26N2O5. The molecule has 1 saturated heterocycles. The first kappa shape index (κ1) is 20.7. The summed E-state index contributed by atoms with van der Waals surface area (Å²) in [4.78, 5) is 31.1. The lowest BCUT2D eigenvalue weighted by atomic mass is 9.98. The molecule has 1 aromatic heterocycles. The standard InChI is InChI=1S/C25H26N2O5/c1-2-31-18-8-9-19-20(16-18)32-24-21(23(19)28)22(17-6-4-3-5-7-17)27(25(24)29)11-10-26-12-14-30-15-13-26/h3-9,16,22H,2,10-15H2,1H3. The van der Waals surface area contributed by atoms with E-state index < -0.39 is 6.04 Å². The van der Waals surface area contributed by atoms with Crippen LogP contribution >= 0.6 is 0 Å². The van der Waals surface area contributed by atoms with Crippen molar-refractivity contribution in [3.8, 4) is 5.75 Å². The minimum absolute atomic E-state index is 0.131. The summed E-state index contributed by atoms with van der Waals surface area (Å²) in [5, 5.41) is 0.455. The fourth-order valence-electron chi connectivity index (χ4n) is 4.54. The Morgan fingerprint density at radius 3 is 2.56 bits per heavy atom. The van der Waals surface area contributed by atoms with Crippen molar-refractivity contribution in [3.05, 3.63) is 75.6 Å². The molecule has 1 fully saturated rings. The molecule has 0 bridgehead atoms. The molecule has 3 heterocycles. The summed E-state index contributed by atoms with van der Waals surface area (Å²) in [6, 6.07) is 14.4. The molecule has 1 unspecified atom stereocenters. The third-order valence-electron chi connectivity index (χ3n) is 6.13. The second kappa shape index (κ2) is 8.76. The van der Waals surface area contributed by atoms with Gasteiger partial charge in [0, 0.05) is 32.2 Å². The third kappa shape index (κ3) is 3.67. The van der Waals surface area contributed by atoms with E-state index in [1.54, 1.807) is 23.1 Å². The van der Waals surface area contributed by atoms with Gasteiger partial charge in [0.25, 0.3) is 5.91 Å². The highest BCUT2D eigenvalue weighted by molar-refractivity contribution is 5.99. The summed E-state index contributed by atoms with van der Waals surface area (Å²) in [5.41, 5.74) is 1.52. The highest BCUT2D eigenvalue weighted by atomic mass is 16.5. The predicted octanol–water partition coefficient (Wildman–Crippen LogP) is 3.07. The maximum absolute atomic E-state index is 13.6. The molecule has 0 aliphatic carbocycles. The second-order valence-electron chi connectivity index (χ2n) is 8.03. The zero-order valence-corrected chi connectivity index (χ0v) is 18.1. The Kier molecular flexibility index (Phi) is 5.68. The Hall–Kier alpha value is -3.16. The Labute approximate surface area is 186 Å². The number of hydrogen-bond donors (Lipinski definition) is 0. The van der Waals surface area contributed by atoms with Crippen LogP contribution in [0.4, 0.5) is 0 Å². The average Bonchev–Trinajstić information content (AvgIpc) is 3.11. The van der Waals surface area contributed by atoms with Gasteiger partial charge >= 0.3 is 0 Å². The lowest BCUT2D eigenvalue weighted by Crippen LogP contribution is -2.42. The quantitative estimate of drug-likeness (QED) is 0.594. The van der Waals surface area contributed by atoms with E-state index in [4.69, 9.17) is 13.9 Å². The van der Waals surface area contributed by atoms with Crippen molar-refractivity contribution >= 4 is 16.9 Å². The van der Waals surface area contributed by atoms with Gasteiger partial charge in [-0.15, -0.1) is 0 Å². The molecule has 0 N–H and O–H groups in total. The number of carbonyl (C=O) groups excluding carboxylic acids is 1. The van der Waals surface area contributed by atoms with E-state index >= 15 is 0 Å². The monoisotopic (exact) mass is 434 g/mol. The zero-order valence-electron chi connectivity index (χ0n) is 18.1. The van der Waals surface area contributed by atoms with Crippen LogP contribution in [0.2, 0.25) is 0 Å². The van der Waals surface area contributed by atoms with E-state index in [9.17, 15) is 9.59 Å². The van der Waals surface area contributed by atoms with Gasteiger partial charge in [-0.1, -0.05) is 30.3 Å². The average molecular weight is 434 g/mol. The Bertz CT molecular complexity index is 1180. The molecule has 7 nitrogen and oxygen atoms in total. The smallest absolute Gasteiger partial charge is 0.290 e. The van der Waals surface area contributed by atoms with Gasteiger partial charge in [-0.2, -0.15) is 0 Å². The largest absolute Gasteiger partial charge is 0.494 e. The molecule has 7 heteroatoms. The molecule has 32 heavy (non-hydrogen) atoms. The van der Waals surface area contributed by atoms with Crippen LogP contribution in [0.25, 0.3) is 11.0 Å². The number of rotatable bonds is 6. The molecule has 5 rings (SSSR count). The van der Waals surface area contributed by atoms with Gasteiger partial charge in [-0.3, -0.25) is 14.5 Å². The van der Waals surface area contributed by atoms with Crippen molar-refractivity contribution in [3.63, 3.8) is 0 Å². The van der Waals surface area contributed by atoms with Crippen molar-refractivity contribution in [1.82, 2.24) is 9.80 Å². The highest BCUT2D eigenvalue weighted by Crippen LogP contribution is 2.38. The van der Waals surface area contributed by atoms with E-state index in [0.29, 0.717) is 55.2 Å². The van der Waals surface area contributed by atoms with Gasteiger partial charge in [0.15, 0.2) is 5.43 Å². The van der Waals surface area contributed by atoms with Gasteiger partial charge < -0.3 is 18.8 Å². The van der Waals surface area contributed by atoms with Crippen molar-refractivity contribution in [2.45, 2.75) is 13.0 Å². The summed E-state index contributed by atoms with van der Waals surface area (Å²) in [6.07, 6.45) is 0. The first-order valence-electron chi connectivity index (χ1n) is 11.1. The van der Waals surface area contributed by atoms with Crippen LogP contribution < -0.4 is 10.2 Å². The number of hydrogen-bond acceptors (Lipinski definition) is 6. The van der Waals surface area contributed by atoms with Gasteiger partial charge in [-0.25, -0.2) is 0 Å². The molecular weight excluding hydrogens is 408 g/mol. The highest BCUT2D eigenvalue weighted by Gasteiger charge is 2.42. The van der Waals surface area contributed by atoms with Crippen molar-refractivity contribution < 1.29 is 18.7 Å². The first-order chi connectivity index (χ1) is 15.7. The van der Waals surface area contributed by atoms with Crippen molar-refractivity contribution in [2.24, 2.45) is 0 Å². The van der Waals surface area contributed by atoms with E-state index in [2.05, 4.69) is 4.90 Å². The fourth-order valence-corrected chi connectivity index (χ4v) is 4.54. The maximum atomic E-state index is 13.6. The number of fused-ring (bicyclic) bond motifs is 2. The number of benzene rings is 2. The van der Waals surface area contributed by atoms with Crippen LogP contribution in [-0.2, 0) is 4.74 Å². The number of carbonyl (C=O) groups is 1. The number of amides is 1. The lowest BCUT2D eigenvalue weighted by Gasteiger charge is -2.31. The summed E-state index contributed by atoms with van der Waals surface area (Å²) in [6.45, 7) is 6.69. The molecule has 2 aliphatic heterocycles. The van der Waals surface area contributed by atoms with Crippen LogP contribution in [0.3, 0.4) is 0 Å². The maximum Gasteiger partial charge on any atom is 0.290 e. The van der Waals surface area contributed by atoms with E-state index in [-0.39, 0.29) is 17.1 Å². The van der Waals surface area contributed by atoms with Gasteiger partial charge in [0.2, 0.25) is 5.76 Å². The minimum Gasteiger partial charge on any atom is -0.494 e. The van der Waals surface area contributed by atoms with Gasteiger partial charge in [-0.05, 0) is 24.6 Å². The number of nitrogens with zero attached hydrogens (tertiary/aromatic N) is 2. The third-order valence-corrected chi connectivity index (χ3v) is 6.13. The van der Waals surface area contributed by atoms with Gasteiger partial charge in [0.1, 0.15) is 11.3 Å². The Morgan fingerprint density at radius 1 is 1.03 bits per heavy atom. The topological polar surface area (TPSA) is 72.2 Å². The fraction of sp³-hybridized carbons (Fsp3) is 0.360. The second-order valence-corrected chi connectivity index (χ2v) is 8.03. The molecule has 166 valence electrons. The molecule has 2 aromatic carbocycles. The SMILES string of the molecule is CCOc1ccc2c(=O)c3c(oc2c1)C(=O)N(CCN1CCOCC1)C3c1ccccc1. The van der Waals surface area contributed by atoms with E-state index in [0.717, 1.165) is 18.7 Å². The molecule has 0 radical (unpaired) electrons. The Morgan fingerprint density at radius 2 is 1.81 bits per heavy atom. The predicted molar refractivity (Wildman–Crippen MR) is 120 cm³/mol. The lowest BCUT2D eigenvalue weighted by molar-refractivity contribution is 0.0314. The van der Waals surface area contributed by atoms with Crippen LogP contribution in [0, 0.1) is 0 Å². The van der Waals surface area contributed by atoms with Gasteiger partial charge in [0.05, 0.1) is 36.8 Å². The number of morpholine rings is 1. The molecule has 1 atom stereocenters. The molecule has 0 spiro atoms. The summed E-state index contributed by atoms with van der Waals surface area (Å²) < 4.78 is 17.0. The van der Waals surface area contributed by atoms with Crippen LogP contribution in [0.5, 0.6) is 5.75 Å².